The highest BCUT2D eigenvalue weighted by atomic mass is 16.7. The van der Waals surface area contributed by atoms with Crippen LogP contribution >= 0.6 is 0 Å². The monoisotopic (exact) mass is 277 g/mol. The van der Waals surface area contributed by atoms with E-state index in [4.69, 9.17) is 14.7 Å². The summed E-state index contributed by atoms with van der Waals surface area (Å²) in [4.78, 5) is 11.7. The topological polar surface area (TPSA) is 83.4 Å². The zero-order valence-corrected chi connectivity index (χ0v) is 11.7. The van der Waals surface area contributed by atoms with Crippen molar-refractivity contribution in [1.29, 1.82) is 5.26 Å². The molecule has 0 aliphatic heterocycles. The van der Waals surface area contributed by atoms with E-state index >= 15 is 0 Å². The number of benzene rings is 1. The Morgan fingerprint density at radius 3 is 2.65 bits per heavy atom. The molecule has 0 heterocycles. The molecule has 0 aromatic heterocycles. The fraction of sp³-hybridized carbons (Fsp3) is 0.429. The maximum absolute atomic E-state index is 11.7. The molecule has 0 saturated heterocycles. The van der Waals surface area contributed by atoms with Gasteiger partial charge in [0.05, 0.1) is 18.2 Å². The molecule has 0 aliphatic carbocycles. The van der Waals surface area contributed by atoms with Gasteiger partial charge in [0.1, 0.15) is 0 Å². The van der Waals surface area contributed by atoms with Gasteiger partial charge in [0.15, 0.2) is 6.29 Å². The van der Waals surface area contributed by atoms with E-state index in [-0.39, 0.29) is 12.6 Å². The second-order valence-electron chi connectivity index (χ2n) is 3.87. The smallest absolute Gasteiger partial charge is 0.319 e. The lowest BCUT2D eigenvalue weighted by atomic mass is 10.2. The van der Waals surface area contributed by atoms with Crippen LogP contribution in [0, 0.1) is 11.3 Å². The number of carbonyl (C=O) groups excluding carboxylic acids is 1. The summed E-state index contributed by atoms with van der Waals surface area (Å²) in [6, 6.07) is 8.33. The molecular formula is C14H19N3O3. The summed E-state index contributed by atoms with van der Waals surface area (Å²) in [6.07, 6.45) is -0.457. The molecule has 0 radical (unpaired) electrons. The van der Waals surface area contributed by atoms with Crippen molar-refractivity contribution in [2.45, 2.75) is 20.1 Å². The molecular weight excluding hydrogens is 258 g/mol. The fourth-order valence-corrected chi connectivity index (χ4v) is 1.56. The lowest BCUT2D eigenvalue weighted by Gasteiger charge is -2.17. The molecule has 6 nitrogen and oxygen atoms in total. The van der Waals surface area contributed by atoms with Gasteiger partial charge in [-0.2, -0.15) is 5.26 Å². The molecule has 2 N–H and O–H groups in total. The summed E-state index contributed by atoms with van der Waals surface area (Å²) >= 11 is 0. The Morgan fingerprint density at radius 1 is 1.35 bits per heavy atom. The maximum atomic E-state index is 11.7. The summed E-state index contributed by atoms with van der Waals surface area (Å²) in [6.45, 7) is 5.00. The largest absolute Gasteiger partial charge is 0.351 e. The van der Waals surface area contributed by atoms with Gasteiger partial charge in [0.2, 0.25) is 0 Å². The number of urea groups is 1. The molecule has 1 aromatic carbocycles. The first-order valence-corrected chi connectivity index (χ1v) is 6.47. The average molecular weight is 277 g/mol. The minimum Gasteiger partial charge on any atom is -0.351 e. The molecule has 0 aliphatic rings. The first kappa shape index (κ1) is 16.0. The predicted octanol–water partition coefficient (Wildman–Crippen LogP) is 2.08. The molecule has 1 aromatic rings. The van der Waals surface area contributed by atoms with Crippen molar-refractivity contribution in [3.63, 3.8) is 0 Å². The summed E-state index contributed by atoms with van der Waals surface area (Å²) in [5, 5.41) is 14.1. The van der Waals surface area contributed by atoms with Gasteiger partial charge in [-0.3, -0.25) is 0 Å². The zero-order valence-electron chi connectivity index (χ0n) is 11.7. The lowest BCUT2D eigenvalue weighted by molar-refractivity contribution is -0.131. The highest BCUT2D eigenvalue weighted by Gasteiger charge is 2.10. The molecule has 2 amide bonds. The third-order valence-corrected chi connectivity index (χ3v) is 2.38. The van der Waals surface area contributed by atoms with Crippen LogP contribution in [0.1, 0.15) is 19.4 Å². The molecule has 108 valence electrons. The van der Waals surface area contributed by atoms with Crippen LogP contribution in [-0.4, -0.2) is 32.1 Å². The highest BCUT2D eigenvalue weighted by Crippen LogP contribution is 2.09. The van der Waals surface area contributed by atoms with Crippen LogP contribution in [0.5, 0.6) is 0 Å². The summed E-state index contributed by atoms with van der Waals surface area (Å²) in [7, 11) is 0. The molecule has 6 heteroatoms. The quantitative estimate of drug-likeness (QED) is 0.747. The Morgan fingerprint density at radius 2 is 2.05 bits per heavy atom. The van der Waals surface area contributed by atoms with Crippen molar-refractivity contribution >= 4 is 11.7 Å². The third-order valence-electron chi connectivity index (χ3n) is 2.38. The van der Waals surface area contributed by atoms with Crippen molar-refractivity contribution in [3.05, 3.63) is 29.8 Å². The van der Waals surface area contributed by atoms with E-state index < -0.39 is 6.29 Å². The molecule has 1 rings (SSSR count). The zero-order chi connectivity index (χ0) is 14.8. The van der Waals surface area contributed by atoms with Gasteiger partial charge in [-0.25, -0.2) is 4.79 Å². The van der Waals surface area contributed by atoms with Crippen LogP contribution in [0.15, 0.2) is 24.3 Å². The Kier molecular flexibility index (Phi) is 7.11. The van der Waals surface area contributed by atoms with Crippen LogP contribution in [0.4, 0.5) is 10.5 Å². The highest BCUT2D eigenvalue weighted by molar-refractivity contribution is 5.89. The standard InChI is InChI=1S/C14H19N3O3/c1-3-19-13(20-4-2)10-16-14(18)17-12-7-5-6-11(8-12)9-15/h5-8,13H,3-4,10H2,1-2H3,(H2,16,17,18). The predicted molar refractivity (Wildman–Crippen MR) is 75.2 cm³/mol. The van der Waals surface area contributed by atoms with Gasteiger partial charge in [-0.1, -0.05) is 6.07 Å². The Balaban J connectivity index is 2.44. The fourth-order valence-electron chi connectivity index (χ4n) is 1.56. The minimum absolute atomic E-state index is 0.255. The summed E-state index contributed by atoms with van der Waals surface area (Å²) in [5.41, 5.74) is 1.05. The van der Waals surface area contributed by atoms with E-state index in [1.807, 2.05) is 19.9 Å². The number of nitriles is 1. The van der Waals surface area contributed by atoms with Gasteiger partial charge >= 0.3 is 6.03 Å². The lowest BCUT2D eigenvalue weighted by Crippen LogP contribution is -2.37. The van der Waals surface area contributed by atoms with Crippen LogP contribution in [0.3, 0.4) is 0 Å². The van der Waals surface area contributed by atoms with Crippen molar-refractivity contribution in [2.75, 3.05) is 25.1 Å². The van der Waals surface area contributed by atoms with Crippen molar-refractivity contribution in [2.24, 2.45) is 0 Å². The summed E-state index contributed by atoms with van der Waals surface area (Å²) in [5.74, 6) is 0. The van der Waals surface area contributed by atoms with E-state index in [1.165, 1.54) is 0 Å². The molecule has 20 heavy (non-hydrogen) atoms. The van der Waals surface area contributed by atoms with Crippen LogP contribution < -0.4 is 10.6 Å². The number of nitrogens with zero attached hydrogens (tertiary/aromatic N) is 1. The van der Waals surface area contributed by atoms with Gasteiger partial charge in [-0.15, -0.1) is 0 Å². The van der Waals surface area contributed by atoms with Crippen LogP contribution in [0.2, 0.25) is 0 Å². The number of nitrogens with one attached hydrogen (secondary N) is 2. The first-order valence-electron chi connectivity index (χ1n) is 6.47. The Labute approximate surface area is 118 Å². The normalized spacial score (nSPS) is 10.1. The van der Waals surface area contributed by atoms with E-state index in [0.717, 1.165) is 0 Å². The number of rotatable bonds is 7. The minimum atomic E-state index is -0.457. The Hall–Kier alpha value is -2.10. The molecule has 0 saturated carbocycles. The third kappa shape index (κ3) is 5.69. The Bertz CT molecular complexity index is 465. The van der Waals surface area contributed by atoms with Gasteiger partial charge in [-0.05, 0) is 32.0 Å². The van der Waals surface area contributed by atoms with Crippen molar-refractivity contribution in [3.8, 4) is 6.07 Å². The number of anilines is 1. The van der Waals surface area contributed by atoms with Crippen LogP contribution in [0.25, 0.3) is 0 Å². The second kappa shape index (κ2) is 8.91. The van der Waals surface area contributed by atoms with Crippen molar-refractivity contribution in [1.82, 2.24) is 5.32 Å². The summed E-state index contributed by atoms with van der Waals surface area (Å²) < 4.78 is 10.6. The number of hydrogen-bond donors (Lipinski definition) is 2. The SMILES string of the molecule is CCOC(CNC(=O)Nc1cccc(C#N)c1)OCC. The van der Waals surface area contributed by atoms with E-state index in [1.54, 1.807) is 24.3 Å². The van der Waals surface area contributed by atoms with Gasteiger partial charge < -0.3 is 20.1 Å². The van der Waals surface area contributed by atoms with E-state index in [9.17, 15) is 4.79 Å². The maximum Gasteiger partial charge on any atom is 0.319 e. The molecule has 0 bridgehead atoms. The molecule has 0 fully saturated rings. The second-order valence-corrected chi connectivity index (χ2v) is 3.87. The number of hydrogen-bond acceptors (Lipinski definition) is 4. The number of carbonyl (C=O) groups is 1. The van der Waals surface area contributed by atoms with Crippen molar-refractivity contribution < 1.29 is 14.3 Å². The first-order chi connectivity index (χ1) is 9.69. The number of amides is 2. The molecule has 0 spiro atoms. The molecule has 0 atom stereocenters. The number of ether oxygens (including phenoxy) is 2. The van der Waals surface area contributed by atoms with Crippen LogP contribution in [-0.2, 0) is 9.47 Å². The molecule has 0 unspecified atom stereocenters. The average Bonchev–Trinajstić information content (AvgIpc) is 2.45. The van der Waals surface area contributed by atoms with Gasteiger partial charge in [0, 0.05) is 18.9 Å². The van der Waals surface area contributed by atoms with Gasteiger partial charge in [0.25, 0.3) is 0 Å². The van der Waals surface area contributed by atoms with E-state index in [0.29, 0.717) is 24.5 Å². The van der Waals surface area contributed by atoms with E-state index in [2.05, 4.69) is 10.6 Å².